The van der Waals surface area contributed by atoms with E-state index in [9.17, 15) is 5.11 Å². The number of nitrogens with zero attached hydrogens (tertiary/aromatic N) is 4. The van der Waals surface area contributed by atoms with E-state index >= 15 is 0 Å². The average Bonchev–Trinajstić information content (AvgIpc) is 3.00. The van der Waals surface area contributed by atoms with Crippen LogP contribution in [-0.2, 0) is 7.05 Å². The lowest BCUT2D eigenvalue weighted by molar-refractivity contribution is 0.0825. The predicted molar refractivity (Wildman–Crippen MR) is 89.3 cm³/mol. The van der Waals surface area contributed by atoms with Crippen molar-refractivity contribution in [2.75, 3.05) is 18.0 Å². The Morgan fingerprint density at radius 1 is 1.39 bits per heavy atom. The zero-order chi connectivity index (χ0) is 16.4. The first-order valence-corrected chi connectivity index (χ1v) is 8.08. The van der Waals surface area contributed by atoms with Gasteiger partial charge in [-0.1, -0.05) is 11.6 Å². The summed E-state index contributed by atoms with van der Waals surface area (Å²) in [5, 5.41) is 20.0. The molecular formula is C17H19ClN4O. The lowest BCUT2D eigenvalue weighted by Crippen LogP contribution is -2.36. The van der Waals surface area contributed by atoms with Gasteiger partial charge in [-0.15, -0.1) is 0 Å². The van der Waals surface area contributed by atoms with Crippen LogP contribution in [0.4, 0.5) is 5.69 Å². The van der Waals surface area contributed by atoms with Crippen LogP contribution in [0.2, 0.25) is 5.02 Å². The molecule has 0 bridgehead atoms. The van der Waals surface area contributed by atoms with Crippen LogP contribution in [0.3, 0.4) is 0 Å². The molecule has 0 aliphatic carbocycles. The van der Waals surface area contributed by atoms with Crippen molar-refractivity contribution in [1.29, 1.82) is 5.26 Å². The second-order valence-corrected chi connectivity index (χ2v) is 6.35. The fourth-order valence-corrected chi connectivity index (χ4v) is 3.35. The van der Waals surface area contributed by atoms with Gasteiger partial charge < -0.3 is 14.6 Å². The number of imidazole rings is 1. The van der Waals surface area contributed by atoms with Crippen LogP contribution < -0.4 is 4.90 Å². The molecule has 1 aliphatic rings. The molecule has 23 heavy (non-hydrogen) atoms. The maximum Gasteiger partial charge on any atom is 0.137 e. The first-order valence-electron chi connectivity index (χ1n) is 7.70. The molecule has 0 amide bonds. The molecule has 1 aromatic heterocycles. The van der Waals surface area contributed by atoms with Crippen LogP contribution in [0.25, 0.3) is 0 Å². The number of rotatable bonds is 3. The third-order valence-corrected chi connectivity index (χ3v) is 4.86. The molecule has 0 spiro atoms. The predicted octanol–water partition coefficient (Wildman–Crippen LogP) is 2.90. The van der Waals surface area contributed by atoms with Crippen molar-refractivity contribution < 1.29 is 5.11 Å². The molecule has 0 saturated carbocycles. The minimum Gasteiger partial charge on any atom is -0.385 e. The molecule has 2 aromatic rings. The van der Waals surface area contributed by atoms with Crippen LogP contribution in [0.15, 0.2) is 30.6 Å². The summed E-state index contributed by atoms with van der Waals surface area (Å²) in [4.78, 5) is 6.49. The molecule has 1 aromatic carbocycles. The van der Waals surface area contributed by atoms with Gasteiger partial charge in [-0.05, 0) is 37.0 Å². The Bertz CT molecular complexity index is 728. The van der Waals surface area contributed by atoms with Crippen LogP contribution in [-0.4, -0.2) is 27.7 Å². The SMILES string of the molecule is Cn1ccnc1C(O)C1CCN(c2ccc(C#N)c(Cl)c2)CC1. The van der Waals surface area contributed by atoms with Gasteiger partial charge in [0.05, 0.1) is 10.6 Å². The van der Waals surface area contributed by atoms with Gasteiger partial charge in [-0.25, -0.2) is 4.98 Å². The van der Waals surface area contributed by atoms with E-state index in [4.69, 9.17) is 16.9 Å². The Labute approximate surface area is 140 Å². The molecule has 120 valence electrons. The lowest BCUT2D eigenvalue weighted by Gasteiger charge is -2.35. The molecule has 0 radical (unpaired) electrons. The maximum atomic E-state index is 10.5. The average molecular weight is 331 g/mol. The van der Waals surface area contributed by atoms with Gasteiger partial charge in [0.15, 0.2) is 0 Å². The molecule has 6 heteroatoms. The van der Waals surface area contributed by atoms with Crippen LogP contribution in [0.1, 0.15) is 30.3 Å². The molecular weight excluding hydrogens is 312 g/mol. The summed E-state index contributed by atoms with van der Waals surface area (Å²) in [6, 6.07) is 7.61. The van der Waals surface area contributed by atoms with E-state index in [2.05, 4.69) is 16.0 Å². The summed E-state index contributed by atoms with van der Waals surface area (Å²) in [5.74, 6) is 0.936. The number of aliphatic hydroxyl groups excluding tert-OH is 1. The third-order valence-electron chi connectivity index (χ3n) is 4.55. The second-order valence-electron chi connectivity index (χ2n) is 5.94. The van der Waals surface area contributed by atoms with Crippen molar-refractivity contribution in [2.45, 2.75) is 18.9 Å². The first-order chi connectivity index (χ1) is 11.1. The van der Waals surface area contributed by atoms with Crippen molar-refractivity contribution in [3.63, 3.8) is 0 Å². The van der Waals surface area contributed by atoms with Gasteiger partial charge >= 0.3 is 0 Å². The highest BCUT2D eigenvalue weighted by atomic mass is 35.5. The molecule has 1 unspecified atom stereocenters. The number of hydrogen-bond donors (Lipinski definition) is 1. The van der Waals surface area contributed by atoms with Crippen molar-refractivity contribution in [3.05, 3.63) is 47.0 Å². The maximum absolute atomic E-state index is 10.5. The highest BCUT2D eigenvalue weighted by molar-refractivity contribution is 6.32. The largest absolute Gasteiger partial charge is 0.385 e. The number of piperidine rings is 1. The lowest BCUT2D eigenvalue weighted by atomic mass is 9.90. The first kappa shape index (κ1) is 15.9. The van der Waals surface area contributed by atoms with Crippen LogP contribution in [0.5, 0.6) is 0 Å². The monoisotopic (exact) mass is 330 g/mol. The number of nitriles is 1. The van der Waals surface area contributed by atoms with Gasteiger partial charge in [0, 0.05) is 38.2 Å². The molecule has 3 rings (SSSR count). The topological polar surface area (TPSA) is 65.1 Å². The number of hydrogen-bond acceptors (Lipinski definition) is 4. The van der Waals surface area contributed by atoms with Gasteiger partial charge in [0.1, 0.15) is 18.0 Å². The Morgan fingerprint density at radius 2 is 2.13 bits per heavy atom. The summed E-state index contributed by atoms with van der Waals surface area (Å²) < 4.78 is 1.87. The van der Waals surface area contributed by atoms with Crippen LogP contribution in [0, 0.1) is 17.2 Å². The smallest absolute Gasteiger partial charge is 0.137 e. The number of aliphatic hydroxyl groups is 1. The molecule has 1 saturated heterocycles. The normalized spacial score (nSPS) is 17.0. The van der Waals surface area contributed by atoms with Crippen LogP contribution >= 0.6 is 11.6 Å². The molecule has 5 nitrogen and oxygen atoms in total. The highest BCUT2D eigenvalue weighted by Gasteiger charge is 2.28. The quantitative estimate of drug-likeness (QED) is 0.939. The Hall–Kier alpha value is -2.03. The standard InChI is InChI=1S/C17H19ClN4O/c1-21-9-6-20-17(21)16(23)12-4-7-22(8-5-12)14-3-2-13(11-19)15(18)10-14/h2-3,6,9-10,12,16,23H,4-5,7-8H2,1H3. The van der Waals surface area contributed by atoms with Gasteiger partial charge in [-0.3, -0.25) is 0 Å². The Kier molecular flexibility index (Phi) is 4.56. The fourth-order valence-electron chi connectivity index (χ4n) is 3.14. The number of halogens is 1. The molecule has 1 atom stereocenters. The zero-order valence-electron chi connectivity index (χ0n) is 13.0. The van der Waals surface area contributed by atoms with E-state index in [1.807, 2.05) is 29.9 Å². The van der Waals surface area contributed by atoms with Gasteiger partial charge in [0.25, 0.3) is 0 Å². The Balaban J connectivity index is 1.66. The van der Waals surface area contributed by atoms with E-state index in [1.165, 1.54) is 0 Å². The van der Waals surface area contributed by atoms with Gasteiger partial charge in [-0.2, -0.15) is 5.26 Å². The summed E-state index contributed by atoms with van der Waals surface area (Å²) in [5.41, 5.74) is 1.52. The number of aromatic nitrogens is 2. The number of benzene rings is 1. The minimum atomic E-state index is -0.526. The molecule has 1 fully saturated rings. The van der Waals surface area contributed by atoms with E-state index in [0.717, 1.165) is 37.4 Å². The van der Waals surface area contributed by atoms with E-state index < -0.39 is 6.10 Å². The van der Waals surface area contributed by atoms with Gasteiger partial charge in [0.2, 0.25) is 0 Å². The number of anilines is 1. The summed E-state index contributed by atoms with van der Waals surface area (Å²) in [6.45, 7) is 1.71. The summed E-state index contributed by atoms with van der Waals surface area (Å²) in [7, 11) is 1.90. The van der Waals surface area contributed by atoms with E-state index in [1.54, 1.807) is 12.3 Å². The summed E-state index contributed by atoms with van der Waals surface area (Å²) >= 11 is 6.11. The minimum absolute atomic E-state index is 0.209. The van der Waals surface area contributed by atoms with Crippen molar-refractivity contribution in [2.24, 2.45) is 13.0 Å². The van der Waals surface area contributed by atoms with E-state index in [-0.39, 0.29) is 5.92 Å². The number of aryl methyl sites for hydroxylation is 1. The second kappa shape index (κ2) is 6.61. The molecule has 1 aliphatic heterocycles. The van der Waals surface area contributed by atoms with E-state index in [0.29, 0.717) is 10.6 Å². The van der Waals surface area contributed by atoms with Crippen molar-refractivity contribution in [3.8, 4) is 6.07 Å². The molecule has 2 heterocycles. The zero-order valence-corrected chi connectivity index (χ0v) is 13.7. The molecule has 1 N–H and O–H groups in total. The highest BCUT2D eigenvalue weighted by Crippen LogP contribution is 2.32. The Morgan fingerprint density at radius 3 is 2.70 bits per heavy atom. The fraction of sp³-hybridized carbons (Fsp3) is 0.412. The van der Waals surface area contributed by atoms with Crippen molar-refractivity contribution in [1.82, 2.24) is 9.55 Å². The van der Waals surface area contributed by atoms with Crippen molar-refractivity contribution >= 4 is 17.3 Å². The summed E-state index contributed by atoms with van der Waals surface area (Å²) in [6.07, 6.45) is 4.83. The third kappa shape index (κ3) is 3.19.